The second-order valence-corrected chi connectivity index (χ2v) is 5.17. The van der Waals surface area contributed by atoms with E-state index in [2.05, 4.69) is 0 Å². The molecule has 3 saturated carbocycles. The standard InChI is InChI=1S/C11H17B/c12-11-6-7-5-10(11)9-4-2-1-3-8(7)9/h7-11H,1-6H2. The van der Waals surface area contributed by atoms with E-state index in [1.54, 1.807) is 0 Å². The monoisotopic (exact) mass is 160 g/mol. The van der Waals surface area contributed by atoms with E-state index in [1.165, 1.54) is 38.5 Å². The molecule has 3 rings (SSSR count). The van der Waals surface area contributed by atoms with Crippen LogP contribution in [0.15, 0.2) is 0 Å². The van der Waals surface area contributed by atoms with E-state index in [-0.39, 0.29) is 0 Å². The molecule has 0 nitrogen and oxygen atoms in total. The topological polar surface area (TPSA) is 0 Å². The third kappa shape index (κ3) is 0.857. The van der Waals surface area contributed by atoms with Gasteiger partial charge in [0.05, 0.1) is 7.85 Å². The molecule has 5 unspecified atom stereocenters. The highest BCUT2D eigenvalue weighted by Crippen LogP contribution is 2.60. The molecule has 3 aliphatic rings. The highest BCUT2D eigenvalue weighted by Gasteiger charge is 2.50. The molecule has 2 bridgehead atoms. The van der Waals surface area contributed by atoms with Crippen molar-refractivity contribution in [2.45, 2.75) is 44.3 Å². The fourth-order valence-electron chi connectivity index (χ4n) is 4.29. The molecule has 3 aliphatic carbocycles. The Labute approximate surface area is 76.5 Å². The predicted octanol–water partition coefficient (Wildman–Crippen LogP) is 2.79. The molecule has 0 N–H and O–H groups in total. The summed E-state index contributed by atoms with van der Waals surface area (Å²) in [4.78, 5) is 0. The summed E-state index contributed by atoms with van der Waals surface area (Å²) < 4.78 is 0. The second kappa shape index (κ2) is 2.53. The average Bonchev–Trinajstić information content (AvgIpc) is 2.62. The minimum Gasteiger partial charge on any atom is -0.0741 e. The van der Waals surface area contributed by atoms with Gasteiger partial charge >= 0.3 is 0 Å². The average molecular weight is 160 g/mol. The maximum Gasteiger partial charge on any atom is 0.0703 e. The van der Waals surface area contributed by atoms with Crippen molar-refractivity contribution in [1.82, 2.24) is 0 Å². The maximum absolute atomic E-state index is 6.13. The molecule has 0 heterocycles. The van der Waals surface area contributed by atoms with Crippen molar-refractivity contribution in [3.8, 4) is 0 Å². The molecule has 12 heavy (non-hydrogen) atoms. The van der Waals surface area contributed by atoms with Crippen LogP contribution in [0, 0.1) is 23.7 Å². The zero-order chi connectivity index (χ0) is 8.13. The van der Waals surface area contributed by atoms with Gasteiger partial charge in [-0.25, -0.2) is 0 Å². The highest BCUT2D eigenvalue weighted by molar-refractivity contribution is 6.12. The van der Waals surface area contributed by atoms with E-state index in [1.807, 2.05) is 0 Å². The van der Waals surface area contributed by atoms with Crippen LogP contribution in [0.1, 0.15) is 38.5 Å². The first-order valence-corrected chi connectivity index (χ1v) is 5.62. The van der Waals surface area contributed by atoms with Crippen molar-refractivity contribution >= 4 is 7.85 Å². The summed E-state index contributed by atoms with van der Waals surface area (Å²) in [5.41, 5.74) is 0. The molecular weight excluding hydrogens is 143 g/mol. The third-order valence-electron chi connectivity index (χ3n) is 4.73. The Balaban J connectivity index is 1.84. The van der Waals surface area contributed by atoms with E-state index >= 15 is 0 Å². The normalized spacial score (nSPS) is 57.2. The van der Waals surface area contributed by atoms with E-state index in [9.17, 15) is 0 Å². The third-order valence-corrected chi connectivity index (χ3v) is 4.73. The smallest absolute Gasteiger partial charge is 0.0703 e. The minimum atomic E-state index is 0.578. The molecule has 64 valence electrons. The first-order valence-electron chi connectivity index (χ1n) is 5.62. The fourth-order valence-corrected chi connectivity index (χ4v) is 4.29. The molecule has 0 aromatic carbocycles. The first-order chi connectivity index (χ1) is 5.86. The predicted molar refractivity (Wildman–Crippen MR) is 51.2 cm³/mol. The van der Waals surface area contributed by atoms with Crippen LogP contribution in [0.5, 0.6) is 0 Å². The Morgan fingerprint density at radius 1 is 0.833 bits per heavy atom. The van der Waals surface area contributed by atoms with E-state index < -0.39 is 0 Å². The van der Waals surface area contributed by atoms with Crippen LogP contribution in [-0.2, 0) is 0 Å². The Hall–Kier alpha value is 0.0649. The highest BCUT2D eigenvalue weighted by atomic mass is 14.5. The van der Waals surface area contributed by atoms with Crippen LogP contribution in [0.2, 0.25) is 5.82 Å². The second-order valence-electron chi connectivity index (χ2n) is 5.17. The van der Waals surface area contributed by atoms with Crippen molar-refractivity contribution in [3.05, 3.63) is 0 Å². The Morgan fingerprint density at radius 2 is 1.58 bits per heavy atom. The molecule has 3 fully saturated rings. The maximum atomic E-state index is 6.13. The lowest BCUT2D eigenvalue weighted by Crippen LogP contribution is -2.28. The molecule has 0 spiro atoms. The van der Waals surface area contributed by atoms with Gasteiger partial charge in [-0.1, -0.05) is 25.1 Å². The minimum absolute atomic E-state index is 0.578. The molecule has 1 heteroatoms. The van der Waals surface area contributed by atoms with Crippen molar-refractivity contribution in [2.24, 2.45) is 23.7 Å². The Bertz CT molecular complexity index is 187. The molecule has 0 aromatic rings. The fraction of sp³-hybridized carbons (Fsp3) is 1.00. The quantitative estimate of drug-likeness (QED) is 0.478. The van der Waals surface area contributed by atoms with Gasteiger partial charge in [0.25, 0.3) is 0 Å². The summed E-state index contributed by atoms with van der Waals surface area (Å²) in [6.07, 6.45) is 8.84. The summed E-state index contributed by atoms with van der Waals surface area (Å²) in [6.45, 7) is 0. The first kappa shape index (κ1) is 7.47. The largest absolute Gasteiger partial charge is 0.0741 e. The summed E-state index contributed by atoms with van der Waals surface area (Å²) >= 11 is 0. The van der Waals surface area contributed by atoms with Crippen LogP contribution < -0.4 is 0 Å². The lowest BCUT2D eigenvalue weighted by molar-refractivity contribution is 0.159. The zero-order valence-electron chi connectivity index (χ0n) is 7.71. The lowest BCUT2D eigenvalue weighted by atomic mass is 9.62. The van der Waals surface area contributed by atoms with Gasteiger partial charge in [0.15, 0.2) is 0 Å². The van der Waals surface area contributed by atoms with Gasteiger partial charge in [-0.15, -0.1) is 0 Å². The van der Waals surface area contributed by atoms with Crippen LogP contribution >= 0.6 is 0 Å². The van der Waals surface area contributed by atoms with Crippen molar-refractivity contribution < 1.29 is 0 Å². The van der Waals surface area contributed by atoms with Gasteiger partial charge < -0.3 is 0 Å². The molecular formula is C11H17B. The number of hydrogen-bond acceptors (Lipinski definition) is 0. The van der Waals surface area contributed by atoms with Gasteiger partial charge in [0, 0.05) is 0 Å². The van der Waals surface area contributed by atoms with E-state index in [0.29, 0.717) is 5.82 Å². The van der Waals surface area contributed by atoms with Gasteiger partial charge in [-0.2, -0.15) is 0 Å². The lowest BCUT2D eigenvalue weighted by Gasteiger charge is -2.38. The molecule has 5 atom stereocenters. The SMILES string of the molecule is [B]C1CC2CC1C1CCCCC21. The number of hydrogen-bond donors (Lipinski definition) is 0. The molecule has 0 saturated heterocycles. The van der Waals surface area contributed by atoms with Gasteiger partial charge in [-0.3, -0.25) is 0 Å². The summed E-state index contributed by atoms with van der Waals surface area (Å²) in [5, 5.41) is 0. The van der Waals surface area contributed by atoms with Crippen molar-refractivity contribution in [2.75, 3.05) is 0 Å². The Morgan fingerprint density at radius 3 is 2.42 bits per heavy atom. The summed E-state index contributed by atoms with van der Waals surface area (Å²) in [6, 6.07) is 0. The van der Waals surface area contributed by atoms with Crippen LogP contribution in [0.4, 0.5) is 0 Å². The molecule has 2 radical (unpaired) electrons. The molecule has 0 aromatic heterocycles. The van der Waals surface area contributed by atoms with Crippen LogP contribution in [0.3, 0.4) is 0 Å². The van der Waals surface area contributed by atoms with Gasteiger partial charge in [-0.05, 0) is 42.9 Å². The van der Waals surface area contributed by atoms with E-state index in [4.69, 9.17) is 7.85 Å². The Kier molecular flexibility index (Phi) is 1.57. The van der Waals surface area contributed by atoms with E-state index in [0.717, 1.165) is 23.7 Å². The number of fused-ring (bicyclic) bond motifs is 5. The van der Waals surface area contributed by atoms with Crippen molar-refractivity contribution in [1.29, 1.82) is 0 Å². The van der Waals surface area contributed by atoms with Gasteiger partial charge in [0.2, 0.25) is 0 Å². The zero-order valence-corrected chi connectivity index (χ0v) is 7.71. The van der Waals surface area contributed by atoms with Crippen molar-refractivity contribution in [3.63, 3.8) is 0 Å². The van der Waals surface area contributed by atoms with Crippen LogP contribution in [-0.4, -0.2) is 7.85 Å². The summed E-state index contributed by atoms with van der Waals surface area (Å²) in [7, 11) is 6.13. The number of rotatable bonds is 0. The molecule has 0 amide bonds. The molecule has 0 aliphatic heterocycles. The van der Waals surface area contributed by atoms with Gasteiger partial charge in [0.1, 0.15) is 0 Å². The van der Waals surface area contributed by atoms with Crippen LogP contribution in [0.25, 0.3) is 0 Å². The summed E-state index contributed by atoms with van der Waals surface area (Å²) in [5.74, 6) is 4.70.